The van der Waals surface area contributed by atoms with Crippen molar-refractivity contribution in [2.45, 2.75) is 13.0 Å². The largest absolute Gasteiger partial charge is 0.487 e. The summed E-state index contributed by atoms with van der Waals surface area (Å²) in [6.07, 6.45) is 2.62. The normalized spacial score (nSPS) is 10.9. The van der Waals surface area contributed by atoms with Crippen LogP contribution in [0, 0.1) is 0 Å². The Kier molecular flexibility index (Phi) is 4.40. The number of halogens is 1. The molecule has 0 saturated carbocycles. The Labute approximate surface area is 151 Å². The molecule has 0 unspecified atom stereocenters. The maximum atomic E-state index is 5.94. The standard InChI is InChI=1S/C21H17ClN2O/c22-17-6-4-15(5-7-17)11-19-12-16-13-20(8-9-21(16)24-19)25-14-18-3-1-2-10-23-18/h1-10,12-13,24H,11,14H2. The SMILES string of the molecule is Clc1ccc(Cc2cc3cc(OCc4ccccn4)ccc3[nH]2)cc1. The van der Waals surface area contributed by atoms with Crippen LogP contribution in [0.15, 0.2) is 72.9 Å². The summed E-state index contributed by atoms with van der Waals surface area (Å²) < 4.78 is 5.85. The molecule has 25 heavy (non-hydrogen) atoms. The molecule has 0 aliphatic heterocycles. The van der Waals surface area contributed by atoms with Gasteiger partial charge in [0.05, 0.1) is 5.69 Å². The Morgan fingerprint density at radius 1 is 0.960 bits per heavy atom. The van der Waals surface area contributed by atoms with Crippen molar-refractivity contribution in [3.05, 3.63) is 94.9 Å². The van der Waals surface area contributed by atoms with Crippen molar-refractivity contribution in [3.63, 3.8) is 0 Å². The molecule has 124 valence electrons. The fourth-order valence-corrected chi connectivity index (χ4v) is 2.94. The molecular formula is C21H17ClN2O. The molecule has 0 radical (unpaired) electrons. The molecule has 0 spiro atoms. The minimum Gasteiger partial charge on any atom is -0.487 e. The summed E-state index contributed by atoms with van der Waals surface area (Å²) in [7, 11) is 0. The fourth-order valence-electron chi connectivity index (χ4n) is 2.82. The Morgan fingerprint density at radius 2 is 1.84 bits per heavy atom. The fraction of sp³-hybridized carbons (Fsp3) is 0.0952. The maximum absolute atomic E-state index is 5.94. The van der Waals surface area contributed by atoms with E-state index in [4.69, 9.17) is 16.3 Å². The molecule has 4 aromatic rings. The Morgan fingerprint density at radius 3 is 2.64 bits per heavy atom. The second-order valence-corrected chi connectivity index (χ2v) is 6.39. The number of nitrogens with one attached hydrogen (secondary N) is 1. The zero-order valence-electron chi connectivity index (χ0n) is 13.6. The van der Waals surface area contributed by atoms with Gasteiger partial charge < -0.3 is 9.72 Å². The smallest absolute Gasteiger partial charge is 0.130 e. The van der Waals surface area contributed by atoms with Crippen LogP contribution in [0.4, 0.5) is 0 Å². The minimum absolute atomic E-state index is 0.467. The third-order valence-electron chi connectivity index (χ3n) is 4.07. The van der Waals surface area contributed by atoms with Crippen LogP contribution in [0.3, 0.4) is 0 Å². The Hall–Kier alpha value is -2.78. The zero-order chi connectivity index (χ0) is 17.1. The number of nitrogens with zero attached hydrogens (tertiary/aromatic N) is 1. The van der Waals surface area contributed by atoms with Gasteiger partial charge in [0.25, 0.3) is 0 Å². The third-order valence-corrected chi connectivity index (χ3v) is 4.32. The molecular weight excluding hydrogens is 332 g/mol. The highest BCUT2D eigenvalue weighted by Crippen LogP contribution is 2.24. The number of aromatic amines is 1. The first-order chi connectivity index (χ1) is 12.3. The van der Waals surface area contributed by atoms with Crippen molar-refractivity contribution in [3.8, 4) is 5.75 Å². The van der Waals surface area contributed by atoms with Crippen LogP contribution < -0.4 is 4.74 Å². The van der Waals surface area contributed by atoms with Gasteiger partial charge in [0.1, 0.15) is 12.4 Å². The number of fused-ring (bicyclic) bond motifs is 1. The van der Waals surface area contributed by atoms with E-state index in [1.807, 2.05) is 36.4 Å². The summed E-state index contributed by atoms with van der Waals surface area (Å²) in [4.78, 5) is 7.73. The van der Waals surface area contributed by atoms with Gasteiger partial charge in [0.15, 0.2) is 0 Å². The quantitative estimate of drug-likeness (QED) is 0.525. The number of hydrogen-bond acceptors (Lipinski definition) is 2. The van der Waals surface area contributed by atoms with Crippen LogP contribution in [-0.4, -0.2) is 9.97 Å². The third kappa shape index (κ3) is 3.83. The highest BCUT2D eigenvalue weighted by atomic mass is 35.5. The van der Waals surface area contributed by atoms with Crippen molar-refractivity contribution < 1.29 is 4.74 Å². The Bertz CT molecular complexity index is 978. The molecule has 0 aliphatic rings. The molecule has 0 atom stereocenters. The molecule has 0 amide bonds. The summed E-state index contributed by atoms with van der Waals surface area (Å²) in [5.41, 5.74) is 4.41. The molecule has 2 aromatic carbocycles. The van der Waals surface area contributed by atoms with Crippen LogP contribution in [0.25, 0.3) is 10.9 Å². The van der Waals surface area contributed by atoms with Crippen LogP contribution in [-0.2, 0) is 13.0 Å². The van der Waals surface area contributed by atoms with Crippen LogP contribution >= 0.6 is 11.6 Å². The lowest BCUT2D eigenvalue weighted by molar-refractivity contribution is 0.302. The summed E-state index contributed by atoms with van der Waals surface area (Å²) >= 11 is 5.94. The van der Waals surface area contributed by atoms with E-state index < -0.39 is 0 Å². The van der Waals surface area contributed by atoms with Crippen molar-refractivity contribution >= 4 is 22.5 Å². The van der Waals surface area contributed by atoms with E-state index in [1.165, 1.54) is 11.3 Å². The first kappa shape index (κ1) is 15.7. The highest BCUT2D eigenvalue weighted by molar-refractivity contribution is 6.30. The van der Waals surface area contributed by atoms with Gasteiger partial charge in [-0.2, -0.15) is 0 Å². The summed E-state index contributed by atoms with van der Waals surface area (Å²) in [6, 6.07) is 22.0. The van der Waals surface area contributed by atoms with Crippen molar-refractivity contribution in [1.82, 2.24) is 9.97 Å². The average molecular weight is 349 g/mol. The molecule has 3 nitrogen and oxygen atoms in total. The average Bonchev–Trinajstić information content (AvgIpc) is 3.04. The zero-order valence-corrected chi connectivity index (χ0v) is 14.3. The van der Waals surface area contributed by atoms with E-state index in [-0.39, 0.29) is 0 Å². The van der Waals surface area contributed by atoms with Crippen LogP contribution in [0.1, 0.15) is 17.0 Å². The number of benzene rings is 2. The molecule has 4 heteroatoms. The minimum atomic E-state index is 0.467. The van der Waals surface area contributed by atoms with E-state index in [0.29, 0.717) is 6.61 Å². The number of hydrogen-bond donors (Lipinski definition) is 1. The van der Waals surface area contributed by atoms with Crippen molar-refractivity contribution in [2.75, 3.05) is 0 Å². The highest BCUT2D eigenvalue weighted by Gasteiger charge is 2.05. The number of pyridine rings is 1. The van der Waals surface area contributed by atoms with E-state index >= 15 is 0 Å². The van der Waals surface area contributed by atoms with Gasteiger partial charge in [-0.05, 0) is 54.1 Å². The molecule has 1 N–H and O–H groups in total. The number of rotatable bonds is 5. The Balaban J connectivity index is 1.50. The lowest BCUT2D eigenvalue weighted by atomic mass is 10.1. The van der Waals surface area contributed by atoms with Crippen LogP contribution in [0.2, 0.25) is 5.02 Å². The second kappa shape index (κ2) is 6.99. The number of ether oxygens (including phenoxy) is 1. The van der Waals surface area contributed by atoms with Gasteiger partial charge in [-0.15, -0.1) is 0 Å². The maximum Gasteiger partial charge on any atom is 0.130 e. The van der Waals surface area contributed by atoms with Gasteiger partial charge >= 0.3 is 0 Å². The monoisotopic (exact) mass is 348 g/mol. The van der Waals surface area contributed by atoms with Crippen molar-refractivity contribution in [1.29, 1.82) is 0 Å². The predicted molar refractivity (Wildman–Crippen MR) is 101 cm³/mol. The molecule has 0 fully saturated rings. The van der Waals surface area contributed by atoms with Gasteiger partial charge in [-0.25, -0.2) is 0 Å². The topological polar surface area (TPSA) is 37.9 Å². The predicted octanol–water partition coefficient (Wildman–Crippen LogP) is 5.39. The van der Waals surface area contributed by atoms with Crippen LogP contribution in [0.5, 0.6) is 5.75 Å². The summed E-state index contributed by atoms with van der Waals surface area (Å²) in [6.45, 7) is 0.467. The first-order valence-corrected chi connectivity index (χ1v) is 8.53. The van der Waals surface area contributed by atoms with Gasteiger partial charge in [0.2, 0.25) is 0 Å². The molecule has 2 aromatic heterocycles. The molecule has 2 heterocycles. The summed E-state index contributed by atoms with van der Waals surface area (Å²) in [5, 5.41) is 1.90. The summed E-state index contributed by atoms with van der Waals surface area (Å²) in [5.74, 6) is 0.843. The first-order valence-electron chi connectivity index (χ1n) is 8.15. The molecule has 0 bridgehead atoms. The lowest BCUT2D eigenvalue weighted by Crippen LogP contribution is -1.97. The molecule has 0 saturated heterocycles. The second-order valence-electron chi connectivity index (χ2n) is 5.96. The van der Waals surface area contributed by atoms with Gasteiger partial charge in [-0.3, -0.25) is 4.98 Å². The number of aromatic nitrogens is 2. The van der Waals surface area contributed by atoms with Gasteiger partial charge in [-0.1, -0.05) is 29.8 Å². The lowest BCUT2D eigenvalue weighted by Gasteiger charge is -2.05. The van der Waals surface area contributed by atoms with E-state index in [1.54, 1.807) is 6.20 Å². The molecule has 0 aliphatic carbocycles. The number of H-pyrrole nitrogens is 1. The van der Waals surface area contributed by atoms with E-state index in [2.05, 4.69) is 40.3 Å². The van der Waals surface area contributed by atoms with E-state index in [9.17, 15) is 0 Å². The van der Waals surface area contributed by atoms with E-state index in [0.717, 1.165) is 33.8 Å². The molecule has 4 rings (SSSR count). The van der Waals surface area contributed by atoms with Crippen molar-refractivity contribution in [2.24, 2.45) is 0 Å². The van der Waals surface area contributed by atoms with Gasteiger partial charge in [0, 0.05) is 34.2 Å².